The van der Waals surface area contributed by atoms with E-state index in [1.54, 1.807) is 0 Å². The summed E-state index contributed by atoms with van der Waals surface area (Å²) in [6, 6.07) is 2.73. The fourth-order valence-corrected chi connectivity index (χ4v) is 2.85. The summed E-state index contributed by atoms with van der Waals surface area (Å²) in [6.45, 7) is 1.03. The third-order valence-electron chi connectivity index (χ3n) is 4.54. The summed E-state index contributed by atoms with van der Waals surface area (Å²) < 4.78 is 43.7. The van der Waals surface area contributed by atoms with Gasteiger partial charge in [0.25, 0.3) is 5.91 Å². The van der Waals surface area contributed by atoms with Gasteiger partial charge in [-0.3, -0.25) is 19.3 Å². The number of carbonyl (C=O) groups is 3. The summed E-state index contributed by atoms with van der Waals surface area (Å²) in [4.78, 5) is 37.3. The van der Waals surface area contributed by atoms with E-state index in [0.717, 1.165) is 42.4 Å². The van der Waals surface area contributed by atoms with Crippen LogP contribution in [0.3, 0.4) is 0 Å². The van der Waals surface area contributed by atoms with Gasteiger partial charge >= 0.3 is 12.1 Å². The van der Waals surface area contributed by atoms with Crippen LogP contribution in [0.5, 0.6) is 0 Å². The molecule has 1 atom stereocenters. The Morgan fingerprint density at radius 1 is 1.31 bits per heavy atom. The van der Waals surface area contributed by atoms with E-state index in [2.05, 4.69) is 5.32 Å². The van der Waals surface area contributed by atoms with E-state index < -0.39 is 35.6 Å². The highest BCUT2D eigenvalue weighted by Crippen LogP contribution is 2.37. The van der Waals surface area contributed by atoms with E-state index in [4.69, 9.17) is 4.74 Å². The molecule has 0 saturated heterocycles. The Kier molecular flexibility index (Phi) is 4.64. The average molecular weight is 370 g/mol. The molecule has 140 valence electrons. The zero-order valence-corrected chi connectivity index (χ0v) is 13.9. The van der Waals surface area contributed by atoms with Crippen LogP contribution in [0.4, 0.5) is 24.5 Å². The molecule has 2 amide bonds. The molecular weight excluding hydrogens is 353 g/mol. The van der Waals surface area contributed by atoms with Crippen molar-refractivity contribution in [2.75, 3.05) is 16.8 Å². The number of anilines is 2. The first kappa shape index (κ1) is 18.2. The number of amides is 2. The summed E-state index contributed by atoms with van der Waals surface area (Å²) >= 11 is 0. The highest BCUT2D eigenvalue weighted by atomic mass is 19.4. The Bertz CT molecular complexity index is 759. The Labute approximate surface area is 147 Å². The molecule has 2 aliphatic rings. The number of hydrogen-bond donors (Lipinski definition) is 1. The Morgan fingerprint density at radius 2 is 2.00 bits per heavy atom. The second kappa shape index (κ2) is 6.62. The first-order valence-electron chi connectivity index (χ1n) is 8.20. The number of esters is 1. The molecule has 26 heavy (non-hydrogen) atoms. The van der Waals surface area contributed by atoms with Gasteiger partial charge in [0.2, 0.25) is 5.91 Å². The summed E-state index contributed by atoms with van der Waals surface area (Å²) in [5.41, 5.74) is -0.911. The lowest BCUT2D eigenvalue weighted by atomic mass is 9.86. The number of benzene rings is 1. The molecule has 9 heteroatoms. The summed E-state index contributed by atoms with van der Waals surface area (Å²) in [5, 5.41) is 2.33. The maximum absolute atomic E-state index is 12.8. The predicted octanol–water partition coefficient (Wildman–Crippen LogP) is 2.72. The standard InChI is InChI=1S/C17H17F3N2O4/c1-9(26-16(25)10-3-2-4-10)15(24)22-8-14(23)21-12-7-11(17(18,19)20)5-6-13(12)22/h5-7,9-10H,2-4,8H2,1H3,(H,21,23). The molecular formula is C17H17F3N2O4. The van der Waals surface area contributed by atoms with E-state index in [1.807, 2.05) is 0 Å². The molecule has 1 aliphatic carbocycles. The largest absolute Gasteiger partial charge is 0.452 e. The van der Waals surface area contributed by atoms with Crippen LogP contribution in [-0.2, 0) is 25.3 Å². The number of alkyl halides is 3. The van der Waals surface area contributed by atoms with Gasteiger partial charge in [-0.15, -0.1) is 0 Å². The Morgan fingerprint density at radius 3 is 2.58 bits per heavy atom. The molecule has 1 aromatic carbocycles. The lowest BCUT2D eigenvalue weighted by molar-refractivity contribution is -0.160. The summed E-state index contributed by atoms with van der Waals surface area (Å²) in [6.07, 6.45) is -3.34. The van der Waals surface area contributed by atoms with Crippen LogP contribution in [0.15, 0.2) is 18.2 Å². The van der Waals surface area contributed by atoms with Gasteiger partial charge in [0, 0.05) is 0 Å². The number of carbonyl (C=O) groups excluding carboxylic acids is 3. The average Bonchev–Trinajstić information content (AvgIpc) is 2.49. The van der Waals surface area contributed by atoms with Crippen molar-refractivity contribution < 1.29 is 32.3 Å². The normalized spacial score (nSPS) is 18.5. The molecule has 1 unspecified atom stereocenters. The molecule has 1 saturated carbocycles. The number of halogens is 3. The molecule has 0 aromatic heterocycles. The molecule has 1 aliphatic heterocycles. The molecule has 0 radical (unpaired) electrons. The van der Waals surface area contributed by atoms with Crippen LogP contribution in [0.2, 0.25) is 0 Å². The molecule has 3 rings (SSSR count). The first-order chi connectivity index (χ1) is 12.2. The number of ether oxygens (including phenoxy) is 1. The van der Waals surface area contributed by atoms with Crippen LogP contribution in [0.1, 0.15) is 31.7 Å². The molecule has 1 heterocycles. The van der Waals surface area contributed by atoms with Crippen LogP contribution >= 0.6 is 0 Å². The maximum Gasteiger partial charge on any atom is 0.416 e. The van der Waals surface area contributed by atoms with E-state index in [1.165, 1.54) is 6.92 Å². The van der Waals surface area contributed by atoms with Crippen molar-refractivity contribution in [3.05, 3.63) is 23.8 Å². The highest BCUT2D eigenvalue weighted by Gasteiger charge is 2.36. The fraction of sp³-hybridized carbons (Fsp3) is 0.471. The van der Waals surface area contributed by atoms with Crippen LogP contribution in [0, 0.1) is 5.92 Å². The minimum atomic E-state index is -4.57. The topological polar surface area (TPSA) is 75.7 Å². The van der Waals surface area contributed by atoms with E-state index in [9.17, 15) is 27.6 Å². The minimum Gasteiger partial charge on any atom is -0.452 e. The van der Waals surface area contributed by atoms with Crippen LogP contribution in [-0.4, -0.2) is 30.4 Å². The third kappa shape index (κ3) is 3.51. The van der Waals surface area contributed by atoms with E-state index in [0.29, 0.717) is 0 Å². The number of hydrogen-bond acceptors (Lipinski definition) is 4. The number of nitrogens with one attached hydrogen (secondary N) is 1. The molecule has 0 spiro atoms. The number of fused-ring (bicyclic) bond motifs is 1. The van der Waals surface area contributed by atoms with Gasteiger partial charge in [-0.25, -0.2) is 0 Å². The second-order valence-corrected chi connectivity index (χ2v) is 6.41. The third-order valence-corrected chi connectivity index (χ3v) is 4.54. The zero-order chi connectivity index (χ0) is 19.1. The minimum absolute atomic E-state index is 0.109. The van der Waals surface area contributed by atoms with Gasteiger partial charge in [0.15, 0.2) is 6.10 Å². The van der Waals surface area contributed by atoms with Crippen molar-refractivity contribution in [1.29, 1.82) is 0 Å². The van der Waals surface area contributed by atoms with E-state index in [-0.39, 0.29) is 23.8 Å². The lowest BCUT2D eigenvalue weighted by Crippen LogP contribution is -2.47. The Balaban J connectivity index is 1.81. The number of rotatable bonds is 3. The zero-order valence-electron chi connectivity index (χ0n) is 13.9. The quantitative estimate of drug-likeness (QED) is 0.830. The van der Waals surface area contributed by atoms with Crippen molar-refractivity contribution in [2.45, 2.75) is 38.5 Å². The van der Waals surface area contributed by atoms with Crippen molar-refractivity contribution in [2.24, 2.45) is 5.92 Å². The van der Waals surface area contributed by atoms with Gasteiger partial charge in [-0.1, -0.05) is 6.42 Å². The van der Waals surface area contributed by atoms with Crippen molar-refractivity contribution >= 4 is 29.2 Å². The SMILES string of the molecule is CC(OC(=O)C1CCC1)C(=O)N1CC(=O)Nc2cc(C(F)(F)F)ccc21. The fourth-order valence-electron chi connectivity index (χ4n) is 2.85. The monoisotopic (exact) mass is 370 g/mol. The summed E-state index contributed by atoms with van der Waals surface area (Å²) in [7, 11) is 0. The van der Waals surface area contributed by atoms with Gasteiger partial charge in [0.05, 0.1) is 22.9 Å². The molecule has 1 aromatic rings. The van der Waals surface area contributed by atoms with Crippen molar-refractivity contribution in [1.82, 2.24) is 0 Å². The predicted molar refractivity (Wildman–Crippen MR) is 85.3 cm³/mol. The molecule has 1 fully saturated rings. The number of nitrogens with zero attached hydrogens (tertiary/aromatic N) is 1. The smallest absolute Gasteiger partial charge is 0.416 e. The van der Waals surface area contributed by atoms with Crippen molar-refractivity contribution in [3.63, 3.8) is 0 Å². The van der Waals surface area contributed by atoms with Gasteiger partial charge in [-0.2, -0.15) is 13.2 Å². The first-order valence-corrected chi connectivity index (χ1v) is 8.20. The molecule has 0 bridgehead atoms. The lowest BCUT2D eigenvalue weighted by Gasteiger charge is -2.32. The molecule has 6 nitrogen and oxygen atoms in total. The molecule has 1 N–H and O–H groups in total. The van der Waals surface area contributed by atoms with Crippen LogP contribution < -0.4 is 10.2 Å². The van der Waals surface area contributed by atoms with E-state index >= 15 is 0 Å². The second-order valence-electron chi connectivity index (χ2n) is 6.41. The van der Waals surface area contributed by atoms with Gasteiger partial charge in [-0.05, 0) is 38.0 Å². The van der Waals surface area contributed by atoms with Crippen molar-refractivity contribution in [3.8, 4) is 0 Å². The van der Waals surface area contributed by atoms with Gasteiger partial charge in [0.1, 0.15) is 6.54 Å². The van der Waals surface area contributed by atoms with Gasteiger partial charge < -0.3 is 10.1 Å². The maximum atomic E-state index is 12.8. The van der Waals surface area contributed by atoms with Crippen LogP contribution in [0.25, 0.3) is 0 Å². The highest BCUT2D eigenvalue weighted by molar-refractivity contribution is 6.11. The summed E-state index contributed by atoms with van der Waals surface area (Å²) in [5.74, 6) is -1.96. The Hall–Kier alpha value is -2.58.